The van der Waals surface area contributed by atoms with Crippen LogP contribution in [0.15, 0.2) is 54.6 Å². The molecule has 1 fully saturated rings. The van der Waals surface area contributed by atoms with Gasteiger partial charge >= 0.3 is 0 Å². The summed E-state index contributed by atoms with van der Waals surface area (Å²) in [5, 5.41) is 3.03. The van der Waals surface area contributed by atoms with Crippen LogP contribution in [-0.2, 0) is 11.2 Å². The minimum atomic E-state index is 0.000849. The molecule has 1 aliphatic rings. The van der Waals surface area contributed by atoms with Crippen molar-refractivity contribution in [3.8, 4) is 0 Å². The largest absolute Gasteiger partial charge is 0.371 e. The summed E-state index contributed by atoms with van der Waals surface area (Å²) in [5.74, 6) is 0.000849. The number of morpholine rings is 1. The molecule has 1 aliphatic heterocycles. The highest BCUT2D eigenvalue weighted by Gasteiger charge is 2.21. The number of ether oxygens (including phenoxy) is 1. The van der Waals surface area contributed by atoms with E-state index in [0.717, 1.165) is 44.6 Å². The van der Waals surface area contributed by atoms with Crippen LogP contribution in [0.5, 0.6) is 0 Å². The third-order valence-corrected chi connectivity index (χ3v) is 4.79. The number of aryl methyl sites for hydroxylation is 1. The fourth-order valence-corrected chi connectivity index (χ4v) is 3.32. The first-order valence-electron chi connectivity index (χ1n) is 9.52. The van der Waals surface area contributed by atoms with Gasteiger partial charge in [0.05, 0.1) is 12.7 Å². The summed E-state index contributed by atoms with van der Waals surface area (Å²) in [6, 6.07) is 18.3. The summed E-state index contributed by atoms with van der Waals surface area (Å²) >= 11 is 0. The molecule has 1 saturated heterocycles. The van der Waals surface area contributed by atoms with E-state index in [2.05, 4.69) is 29.3 Å². The van der Waals surface area contributed by atoms with Gasteiger partial charge < -0.3 is 10.1 Å². The second kappa shape index (κ2) is 9.51. The fraction of sp³-hybridized carbons (Fsp3) is 0.409. The zero-order chi connectivity index (χ0) is 18.2. The van der Waals surface area contributed by atoms with E-state index in [0.29, 0.717) is 6.54 Å². The highest BCUT2D eigenvalue weighted by Crippen LogP contribution is 2.21. The lowest BCUT2D eigenvalue weighted by Gasteiger charge is -2.33. The van der Waals surface area contributed by atoms with Gasteiger partial charge in [0, 0.05) is 31.7 Å². The SMILES string of the molecule is CCCc1ccc(C(=O)NCCN2CCOC(c3ccccc3)C2)cc1. The number of rotatable bonds is 7. The van der Waals surface area contributed by atoms with E-state index in [4.69, 9.17) is 4.74 Å². The standard InChI is InChI=1S/C22H28N2O2/c1-2-6-18-9-11-20(12-10-18)22(25)23-13-14-24-15-16-26-21(17-24)19-7-4-3-5-8-19/h3-5,7-12,21H,2,6,13-17H2,1H3,(H,23,25). The normalized spacial score (nSPS) is 17.8. The maximum atomic E-state index is 12.3. The van der Waals surface area contributed by atoms with Crippen molar-refractivity contribution >= 4 is 5.91 Å². The van der Waals surface area contributed by atoms with Crippen LogP contribution in [0, 0.1) is 0 Å². The van der Waals surface area contributed by atoms with Crippen molar-refractivity contribution in [1.82, 2.24) is 10.2 Å². The molecule has 3 rings (SSSR count). The summed E-state index contributed by atoms with van der Waals surface area (Å²) in [6.07, 6.45) is 2.29. The number of amides is 1. The zero-order valence-electron chi connectivity index (χ0n) is 15.5. The third kappa shape index (κ3) is 5.16. The molecule has 0 spiro atoms. The van der Waals surface area contributed by atoms with E-state index in [-0.39, 0.29) is 12.0 Å². The molecule has 0 aliphatic carbocycles. The number of benzene rings is 2. The Morgan fingerprint density at radius 2 is 1.92 bits per heavy atom. The molecule has 0 aromatic heterocycles. The number of carbonyl (C=O) groups is 1. The summed E-state index contributed by atoms with van der Waals surface area (Å²) in [5.41, 5.74) is 3.23. The van der Waals surface area contributed by atoms with Gasteiger partial charge in [0.2, 0.25) is 0 Å². The maximum absolute atomic E-state index is 12.3. The molecule has 0 saturated carbocycles. The van der Waals surface area contributed by atoms with E-state index in [1.165, 1.54) is 11.1 Å². The molecule has 138 valence electrons. The minimum absolute atomic E-state index is 0.000849. The average Bonchev–Trinajstić information content (AvgIpc) is 2.70. The lowest BCUT2D eigenvalue weighted by Crippen LogP contribution is -2.42. The highest BCUT2D eigenvalue weighted by molar-refractivity contribution is 5.94. The molecular weight excluding hydrogens is 324 g/mol. The molecule has 4 heteroatoms. The topological polar surface area (TPSA) is 41.6 Å². The number of carbonyl (C=O) groups excluding carboxylic acids is 1. The highest BCUT2D eigenvalue weighted by atomic mass is 16.5. The van der Waals surface area contributed by atoms with Crippen molar-refractivity contribution < 1.29 is 9.53 Å². The van der Waals surface area contributed by atoms with Crippen molar-refractivity contribution in [1.29, 1.82) is 0 Å². The average molecular weight is 352 g/mol. The number of hydrogen-bond donors (Lipinski definition) is 1. The Balaban J connectivity index is 1.44. The molecule has 26 heavy (non-hydrogen) atoms. The number of nitrogens with one attached hydrogen (secondary N) is 1. The maximum Gasteiger partial charge on any atom is 0.251 e. The van der Waals surface area contributed by atoms with Crippen LogP contribution in [0.3, 0.4) is 0 Å². The Bertz CT molecular complexity index is 685. The van der Waals surface area contributed by atoms with Gasteiger partial charge in [-0.2, -0.15) is 0 Å². The van der Waals surface area contributed by atoms with E-state index in [1.807, 2.05) is 42.5 Å². The Morgan fingerprint density at radius 1 is 1.15 bits per heavy atom. The summed E-state index contributed by atoms with van der Waals surface area (Å²) in [6.45, 7) is 6.15. The Kier molecular flexibility index (Phi) is 6.81. The van der Waals surface area contributed by atoms with Crippen LogP contribution in [0.1, 0.15) is 40.9 Å². The lowest BCUT2D eigenvalue weighted by atomic mass is 10.1. The van der Waals surface area contributed by atoms with Crippen LogP contribution in [0.25, 0.3) is 0 Å². The van der Waals surface area contributed by atoms with Crippen LogP contribution in [-0.4, -0.2) is 43.6 Å². The molecule has 4 nitrogen and oxygen atoms in total. The first-order chi connectivity index (χ1) is 12.8. The predicted octanol–water partition coefficient (Wildman–Crippen LogP) is 3.44. The quantitative estimate of drug-likeness (QED) is 0.830. The van der Waals surface area contributed by atoms with Gasteiger partial charge in [0.25, 0.3) is 5.91 Å². The molecule has 1 amide bonds. The smallest absolute Gasteiger partial charge is 0.251 e. The Hall–Kier alpha value is -2.17. The number of nitrogens with zero attached hydrogens (tertiary/aromatic N) is 1. The second-order valence-corrected chi connectivity index (χ2v) is 6.77. The van der Waals surface area contributed by atoms with E-state index in [1.54, 1.807) is 0 Å². The van der Waals surface area contributed by atoms with Gasteiger partial charge in [-0.3, -0.25) is 9.69 Å². The second-order valence-electron chi connectivity index (χ2n) is 6.77. The monoisotopic (exact) mass is 352 g/mol. The summed E-state index contributed by atoms with van der Waals surface area (Å²) in [4.78, 5) is 14.6. The van der Waals surface area contributed by atoms with E-state index >= 15 is 0 Å². The molecule has 0 bridgehead atoms. The number of hydrogen-bond acceptors (Lipinski definition) is 3. The van der Waals surface area contributed by atoms with Crippen LogP contribution < -0.4 is 5.32 Å². The van der Waals surface area contributed by atoms with E-state index in [9.17, 15) is 4.79 Å². The zero-order valence-corrected chi connectivity index (χ0v) is 15.5. The van der Waals surface area contributed by atoms with Gasteiger partial charge in [-0.25, -0.2) is 0 Å². The molecule has 1 N–H and O–H groups in total. The van der Waals surface area contributed by atoms with Gasteiger partial charge in [0.1, 0.15) is 0 Å². The van der Waals surface area contributed by atoms with Crippen molar-refractivity contribution in [2.45, 2.75) is 25.9 Å². The molecule has 0 radical (unpaired) electrons. The Labute approximate surface area is 156 Å². The summed E-state index contributed by atoms with van der Waals surface area (Å²) < 4.78 is 5.89. The van der Waals surface area contributed by atoms with Gasteiger partial charge in [0.15, 0.2) is 0 Å². The first kappa shape index (κ1) is 18.6. The lowest BCUT2D eigenvalue weighted by molar-refractivity contribution is -0.0293. The first-order valence-corrected chi connectivity index (χ1v) is 9.52. The van der Waals surface area contributed by atoms with Crippen LogP contribution in [0.2, 0.25) is 0 Å². The van der Waals surface area contributed by atoms with Gasteiger partial charge in [-0.15, -0.1) is 0 Å². The van der Waals surface area contributed by atoms with Crippen molar-refractivity contribution in [2.24, 2.45) is 0 Å². The Morgan fingerprint density at radius 3 is 2.65 bits per heavy atom. The van der Waals surface area contributed by atoms with Crippen LogP contribution in [0.4, 0.5) is 0 Å². The minimum Gasteiger partial charge on any atom is -0.371 e. The molecule has 2 aromatic rings. The predicted molar refractivity (Wildman–Crippen MR) is 104 cm³/mol. The van der Waals surface area contributed by atoms with Crippen LogP contribution >= 0.6 is 0 Å². The third-order valence-electron chi connectivity index (χ3n) is 4.79. The molecule has 1 atom stereocenters. The van der Waals surface area contributed by atoms with Crippen molar-refractivity contribution in [3.05, 3.63) is 71.3 Å². The molecule has 1 heterocycles. The fourth-order valence-electron chi connectivity index (χ4n) is 3.32. The van der Waals surface area contributed by atoms with Crippen molar-refractivity contribution in [3.63, 3.8) is 0 Å². The molecule has 2 aromatic carbocycles. The van der Waals surface area contributed by atoms with E-state index < -0.39 is 0 Å². The van der Waals surface area contributed by atoms with Gasteiger partial charge in [-0.05, 0) is 29.7 Å². The van der Waals surface area contributed by atoms with Gasteiger partial charge in [-0.1, -0.05) is 55.8 Å². The molecule has 1 unspecified atom stereocenters. The van der Waals surface area contributed by atoms with Crippen molar-refractivity contribution in [2.75, 3.05) is 32.8 Å². The molecular formula is C22H28N2O2. The summed E-state index contributed by atoms with van der Waals surface area (Å²) in [7, 11) is 0.